The van der Waals surface area contributed by atoms with Crippen LogP contribution in [0.3, 0.4) is 0 Å². The summed E-state index contributed by atoms with van der Waals surface area (Å²) < 4.78 is 4.41. The van der Waals surface area contributed by atoms with E-state index in [1.807, 2.05) is 11.3 Å². The Morgan fingerprint density at radius 1 is 0.875 bits per heavy atom. The molecule has 0 fully saturated rings. The molecule has 1 aromatic heterocycles. The molecule has 0 saturated heterocycles. The van der Waals surface area contributed by atoms with Crippen LogP contribution < -0.4 is 0 Å². The molecule has 3 rings (SSSR count). The van der Waals surface area contributed by atoms with Crippen molar-refractivity contribution in [2.24, 2.45) is 0 Å². The molecule has 0 saturated carbocycles. The van der Waals surface area contributed by atoms with Gasteiger partial charge in [0.05, 0.1) is 0 Å². The van der Waals surface area contributed by atoms with Gasteiger partial charge in [-0.1, -0.05) is 0 Å². The molecule has 16 heavy (non-hydrogen) atoms. The van der Waals surface area contributed by atoms with Gasteiger partial charge in [-0.05, 0) is 0 Å². The first-order valence-corrected chi connectivity index (χ1v) is 11.4. The van der Waals surface area contributed by atoms with E-state index in [4.69, 9.17) is 0 Å². The third kappa shape index (κ3) is 1.64. The summed E-state index contributed by atoms with van der Waals surface area (Å²) in [6, 6.07) is 15.7. The molecule has 0 bridgehead atoms. The van der Waals surface area contributed by atoms with Gasteiger partial charge in [-0.2, -0.15) is 0 Å². The molecule has 0 spiro atoms. The van der Waals surface area contributed by atoms with Gasteiger partial charge in [0.15, 0.2) is 0 Å². The van der Waals surface area contributed by atoms with Crippen LogP contribution in [0, 0.1) is 3.57 Å². The van der Waals surface area contributed by atoms with Crippen LogP contribution in [-0.4, -0.2) is 9.86 Å². The van der Waals surface area contributed by atoms with E-state index >= 15 is 0 Å². The van der Waals surface area contributed by atoms with Crippen molar-refractivity contribution in [3.8, 4) is 0 Å². The quantitative estimate of drug-likeness (QED) is 0.432. The molecule has 0 nitrogen and oxygen atoms in total. The first-order chi connectivity index (χ1) is 7.75. The third-order valence-corrected chi connectivity index (χ3v) is 7.09. The Hall–Kier alpha value is -0.610. The molecule has 0 unspecified atom stereocenters. The number of thiophene rings is 1. The van der Waals surface area contributed by atoms with Crippen LogP contribution in [0.5, 0.6) is 0 Å². The first-order valence-electron chi connectivity index (χ1n) is 5.17. The van der Waals surface area contributed by atoms with Crippen LogP contribution in [0.2, 0.25) is 0 Å². The predicted molar refractivity (Wildman–Crippen MR) is 83.9 cm³/mol. The Kier molecular flexibility index (Phi) is 2.64. The zero-order chi connectivity index (χ0) is 11.1. The number of fused-ring (bicyclic) bond motifs is 3. The molecule has 0 N–H and O–H groups in total. The fourth-order valence-electron chi connectivity index (χ4n) is 1.93. The van der Waals surface area contributed by atoms with Gasteiger partial charge in [0, 0.05) is 0 Å². The zero-order valence-electron chi connectivity index (χ0n) is 9.33. The van der Waals surface area contributed by atoms with Gasteiger partial charge >= 0.3 is 107 Å². The fraction of sp³-hybridized carbons (Fsp3) is 0.143. The molecule has 0 amide bonds. The van der Waals surface area contributed by atoms with Gasteiger partial charge < -0.3 is 0 Å². The Morgan fingerprint density at radius 2 is 1.62 bits per heavy atom. The summed E-state index contributed by atoms with van der Waals surface area (Å²) in [5.41, 5.74) is 0. The average Bonchev–Trinajstić information content (AvgIpc) is 2.66. The Bertz CT molecular complexity index is 652. The number of hydrogen-bond acceptors (Lipinski definition) is 1. The monoisotopic (exact) mass is 340 g/mol. The minimum atomic E-state index is -0.852. The number of hydrogen-bond donors (Lipinski definition) is 0. The summed E-state index contributed by atoms with van der Waals surface area (Å²) in [4.78, 5) is 4.80. The van der Waals surface area contributed by atoms with E-state index < -0.39 is 19.8 Å². The molecule has 0 aliphatic heterocycles. The van der Waals surface area contributed by atoms with Gasteiger partial charge in [0.1, 0.15) is 0 Å². The van der Waals surface area contributed by atoms with Crippen LogP contribution >= 0.6 is 31.2 Å². The molecular weight excluding hydrogens is 327 g/mol. The van der Waals surface area contributed by atoms with Crippen molar-refractivity contribution >= 4 is 51.3 Å². The second-order valence-corrected chi connectivity index (χ2v) is 10.6. The van der Waals surface area contributed by atoms with Crippen molar-refractivity contribution in [3.05, 3.63) is 46.0 Å². The van der Waals surface area contributed by atoms with E-state index in [1.165, 1.54) is 20.2 Å². The maximum absolute atomic E-state index is 2.42. The van der Waals surface area contributed by atoms with Crippen LogP contribution in [-0.2, 0) is 0 Å². The minimum absolute atomic E-state index is 0.852. The number of halogens is 1. The Morgan fingerprint density at radius 3 is 2.44 bits per heavy atom. The van der Waals surface area contributed by atoms with Crippen molar-refractivity contribution in [2.45, 2.75) is 0 Å². The SMILES string of the molecule is CI(C)c1ccc2sc3ccccc3c2c1. The zero-order valence-corrected chi connectivity index (χ0v) is 12.3. The van der Waals surface area contributed by atoms with E-state index in [-0.39, 0.29) is 0 Å². The molecular formula is C14H13IS. The van der Waals surface area contributed by atoms with Crippen LogP contribution in [0.4, 0.5) is 0 Å². The molecule has 3 aromatic rings. The summed E-state index contributed by atoms with van der Waals surface area (Å²) in [7, 11) is 0. The Labute approximate surface area is 107 Å². The molecule has 82 valence electrons. The van der Waals surface area contributed by atoms with Crippen molar-refractivity contribution in [2.75, 3.05) is 9.86 Å². The van der Waals surface area contributed by atoms with Crippen molar-refractivity contribution < 1.29 is 0 Å². The average molecular weight is 340 g/mol. The normalized spacial score (nSPS) is 12.2. The van der Waals surface area contributed by atoms with E-state index in [0.717, 1.165) is 0 Å². The molecule has 0 aliphatic carbocycles. The van der Waals surface area contributed by atoms with Crippen molar-refractivity contribution in [3.63, 3.8) is 0 Å². The number of alkyl halides is 2. The second-order valence-electron chi connectivity index (χ2n) is 3.99. The molecule has 0 aliphatic rings. The summed E-state index contributed by atoms with van der Waals surface area (Å²) in [6.07, 6.45) is 0. The van der Waals surface area contributed by atoms with Gasteiger partial charge in [-0.3, -0.25) is 0 Å². The summed E-state index contributed by atoms with van der Waals surface area (Å²) in [5, 5.41) is 2.87. The third-order valence-electron chi connectivity index (χ3n) is 2.78. The summed E-state index contributed by atoms with van der Waals surface area (Å²) >= 11 is 1.05. The van der Waals surface area contributed by atoms with Gasteiger partial charge in [-0.15, -0.1) is 0 Å². The van der Waals surface area contributed by atoms with Crippen LogP contribution in [0.1, 0.15) is 0 Å². The molecule has 0 atom stereocenters. The molecule has 0 radical (unpaired) electrons. The summed E-state index contributed by atoms with van der Waals surface area (Å²) in [6.45, 7) is 0. The topological polar surface area (TPSA) is 0 Å². The van der Waals surface area contributed by atoms with Gasteiger partial charge in [0.2, 0.25) is 0 Å². The predicted octanol–water partition coefficient (Wildman–Crippen LogP) is 4.99. The maximum atomic E-state index is 2.42. The van der Waals surface area contributed by atoms with Gasteiger partial charge in [0.25, 0.3) is 0 Å². The second kappa shape index (κ2) is 4.00. The van der Waals surface area contributed by atoms with Crippen LogP contribution in [0.15, 0.2) is 42.5 Å². The van der Waals surface area contributed by atoms with E-state index in [0.29, 0.717) is 0 Å². The van der Waals surface area contributed by atoms with E-state index in [1.54, 1.807) is 3.57 Å². The van der Waals surface area contributed by atoms with Gasteiger partial charge in [-0.25, -0.2) is 0 Å². The number of rotatable bonds is 1. The van der Waals surface area contributed by atoms with E-state index in [2.05, 4.69) is 52.3 Å². The summed E-state index contributed by atoms with van der Waals surface area (Å²) in [5.74, 6) is 0. The fourth-order valence-corrected chi connectivity index (χ4v) is 4.85. The molecule has 2 heteroatoms. The molecule has 1 heterocycles. The van der Waals surface area contributed by atoms with Crippen molar-refractivity contribution in [1.82, 2.24) is 0 Å². The molecule has 2 aromatic carbocycles. The first kappa shape index (κ1) is 10.5. The van der Waals surface area contributed by atoms with E-state index in [9.17, 15) is 0 Å². The van der Waals surface area contributed by atoms with Crippen LogP contribution in [0.25, 0.3) is 20.2 Å². The Balaban J connectivity index is 2.40. The number of benzene rings is 2. The van der Waals surface area contributed by atoms with Crippen molar-refractivity contribution in [1.29, 1.82) is 0 Å². The standard InChI is InChI=1S/C14H13IS/c1-15(2)10-7-8-14-12(9-10)11-5-3-4-6-13(11)16-14/h3-9H,1-2H3.